The van der Waals surface area contributed by atoms with Gasteiger partial charge in [-0.15, -0.1) is 0 Å². The van der Waals surface area contributed by atoms with Gasteiger partial charge >= 0.3 is 0 Å². The van der Waals surface area contributed by atoms with Crippen molar-refractivity contribution in [2.24, 2.45) is 0 Å². The minimum Gasteiger partial charge on any atom is -0.507 e. The van der Waals surface area contributed by atoms with Gasteiger partial charge in [-0.2, -0.15) is 0 Å². The number of aryl methyl sites for hydroxylation is 1. The van der Waals surface area contributed by atoms with Crippen LogP contribution < -0.4 is 4.72 Å². The van der Waals surface area contributed by atoms with Crippen molar-refractivity contribution in [1.82, 2.24) is 0 Å². The minimum atomic E-state index is -3.95. The summed E-state index contributed by atoms with van der Waals surface area (Å²) in [5.41, 5.74) is 0.960. The predicted molar refractivity (Wildman–Crippen MR) is 83.2 cm³/mol. The molecule has 6 nitrogen and oxygen atoms in total. The third-order valence-electron chi connectivity index (χ3n) is 2.88. The summed E-state index contributed by atoms with van der Waals surface area (Å²) in [5.74, 6) is -0.445. The molecule has 0 saturated heterocycles. The quantitative estimate of drug-likeness (QED) is 0.827. The minimum absolute atomic E-state index is 0.0184. The average molecular weight is 341 g/mol. The molecule has 0 atom stereocenters. The van der Waals surface area contributed by atoms with E-state index >= 15 is 0 Å². The SMILES string of the molecule is Cc1ccc(S(=O)(=O)c2cc(NS(C)(=O)=O)ccc2O)cc1. The van der Waals surface area contributed by atoms with E-state index in [4.69, 9.17) is 0 Å². The Balaban J connectivity index is 2.55. The molecule has 0 radical (unpaired) electrons. The molecule has 2 aromatic rings. The number of hydrogen-bond donors (Lipinski definition) is 2. The van der Waals surface area contributed by atoms with Crippen molar-refractivity contribution < 1.29 is 21.9 Å². The summed E-state index contributed by atoms with van der Waals surface area (Å²) in [6.45, 7) is 1.82. The fourth-order valence-electron chi connectivity index (χ4n) is 1.85. The van der Waals surface area contributed by atoms with Crippen LogP contribution in [0.4, 0.5) is 5.69 Å². The first kappa shape index (κ1) is 16.3. The Hall–Kier alpha value is -2.06. The first-order valence-corrected chi connectivity index (χ1v) is 9.59. The zero-order valence-corrected chi connectivity index (χ0v) is 13.6. The first-order chi connectivity index (χ1) is 10.1. The molecule has 0 aliphatic heterocycles. The standard InChI is InChI=1S/C14H15NO5S2/c1-10-3-6-12(7-4-10)22(19,20)14-9-11(5-8-13(14)16)15-21(2,17)18/h3-9,15-16H,1-2H3. The summed E-state index contributed by atoms with van der Waals surface area (Å²) in [6.07, 6.45) is 0.952. The molecule has 0 amide bonds. The van der Waals surface area contributed by atoms with E-state index in [0.29, 0.717) is 0 Å². The van der Waals surface area contributed by atoms with E-state index < -0.39 is 25.6 Å². The molecule has 0 bridgehead atoms. The van der Waals surface area contributed by atoms with Gasteiger partial charge in [0.15, 0.2) is 0 Å². The van der Waals surface area contributed by atoms with Gasteiger partial charge in [-0.05, 0) is 37.3 Å². The van der Waals surface area contributed by atoms with E-state index in [-0.39, 0.29) is 15.5 Å². The molecule has 0 unspecified atom stereocenters. The van der Waals surface area contributed by atoms with Crippen LogP contribution in [0.3, 0.4) is 0 Å². The number of hydrogen-bond acceptors (Lipinski definition) is 5. The van der Waals surface area contributed by atoms with Crippen LogP contribution in [0.25, 0.3) is 0 Å². The van der Waals surface area contributed by atoms with Gasteiger partial charge in [0.1, 0.15) is 10.6 Å². The summed E-state index contributed by atoms with van der Waals surface area (Å²) >= 11 is 0. The van der Waals surface area contributed by atoms with Gasteiger partial charge in [-0.25, -0.2) is 16.8 Å². The summed E-state index contributed by atoms with van der Waals surface area (Å²) in [5, 5.41) is 9.83. The maximum atomic E-state index is 12.5. The lowest BCUT2D eigenvalue weighted by molar-refractivity contribution is 0.459. The number of anilines is 1. The van der Waals surface area contributed by atoms with E-state index in [2.05, 4.69) is 4.72 Å². The molecule has 22 heavy (non-hydrogen) atoms. The van der Waals surface area contributed by atoms with Crippen LogP contribution in [0, 0.1) is 6.92 Å². The lowest BCUT2D eigenvalue weighted by Gasteiger charge is -2.10. The predicted octanol–water partition coefficient (Wildman–Crippen LogP) is 1.90. The number of phenolic OH excluding ortho intramolecular Hbond substituents is 1. The first-order valence-electron chi connectivity index (χ1n) is 6.22. The summed E-state index contributed by atoms with van der Waals surface area (Å²) in [4.78, 5) is -0.338. The van der Waals surface area contributed by atoms with Crippen LogP contribution in [0.2, 0.25) is 0 Å². The van der Waals surface area contributed by atoms with Gasteiger partial charge in [-0.1, -0.05) is 17.7 Å². The monoisotopic (exact) mass is 341 g/mol. The van der Waals surface area contributed by atoms with Gasteiger partial charge in [0, 0.05) is 0 Å². The third-order valence-corrected chi connectivity index (χ3v) is 5.29. The molecule has 8 heteroatoms. The summed E-state index contributed by atoms with van der Waals surface area (Å²) < 4.78 is 49.7. The molecule has 0 spiro atoms. The fourth-order valence-corrected chi connectivity index (χ4v) is 3.78. The van der Waals surface area contributed by atoms with E-state index in [1.807, 2.05) is 6.92 Å². The molecule has 2 N–H and O–H groups in total. The number of aromatic hydroxyl groups is 1. The van der Waals surface area contributed by atoms with Crippen molar-refractivity contribution in [3.63, 3.8) is 0 Å². The van der Waals surface area contributed by atoms with E-state index in [0.717, 1.165) is 24.0 Å². The molecular formula is C14H15NO5S2. The maximum Gasteiger partial charge on any atom is 0.229 e. The summed E-state index contributed by atoms with van der Waals surface area (Å²) in [6, 6.07) is 9.65. The Labute approximate surface area is 129 Å². The molecule has 118 valence electrons. The van der Waals surface area contributed by atoms with E-state index in [1.54, 1.807) is 12.1 Å². The normalized spacial score (nSPS) is 12.1. The second kappa shape index (κ2) is 5.62. The largest absolute Gasteiger partial charge is 0.507 e. The zero-order chi connectivity index (χ0) is 16.5. The highest BCUT2D eigenvalue weighted by atomic mass is 32.2. The highest BCUT2D eigenvalue weighted by molar-refractivity contribution is 7.92. The van der Waals surface area contributed by atoms with Crippen molar-refractivity contribution in [1.29, 1.82) is 0 Å². The summed E-state index contributed by atoms with van der Waals surface area (Å²) in [7, 11) is -7.50. The van der Waals surface area contributed by atoms with Gasteiger partial charge in [0.25, 0.3) is 0 Å². The molecule has 0 heterocycles. The maximum absolute atomic E-state index is 12.5. The second-order valence-corrected chi connectivity index (χ2v) is 8.54. The van der Waals surface area contributed by atoms with Crippen molar-refractivity contribution in [2.45, 2.75) is 16.7 Å². The number of sulfone groups is 1. The lowest BCUT2D eigenvalue weighted by atomic mass is 10.2. The highest BCUT2D eigenvalue weighted by Gasteiger charge is 2.22. The highest BCUT2D eigenvalue weighted by Crippen LogP contribution is 2.31. The van der Waals surface area contributed by atoms with Gasteiger partial charge in [0.2, 0.25) is 19.9 Å². The number of phenols is 1. The second-order valence-electron chi connectivity index (χ2n) is 4.87. The van der Waals surface area contributed by atoms with E-state index in [9.17, 15) is 21.9 Å². The van der Waals surface area contributed by atoms with Gasteiger partial charge in [-0.3, -0.25) is 4.72 Å². The Morgan fingerprint density at radius 1 is 0.955 bits per heavy atom. The van der Waals surface area contributed by atoms with Crippen LogP contribution in [0.1, 0.15) is 5.56 Å². The van der Waals surface area contributed by atoms with Gasteiger partial charge < -0.3 is 5.11 Å². The smallest absolute Gasteiger partial charge is 0.229 e. The number of benzene rings is 2. The molecule has 2 rings (SSSR count). The van der Waals surface area contributed by atoms with Crippen LogP contribution >= 0.6 is 0 Å². The van der Waals surface area contributed by atoms with Gasteiger partial charge in [0.05, 0.1) is 16.8 Å². The number of nitrogens with one attached hydrogen (secondary N) is 1. The van der Waals surface area contributed by atoms with Crippen LogP contribution in [-0.2, 0) is 19.9 Å². The fraction of sp³-hybridized carbons (Fsp3) is 0.143. The Morgan fingerprint density at radius 2 is 1.55 bits per heavy atom. The Bertz CT molecular complexity index is 901. The zero-order valence-electron chi connectivity index (χ0n) is 11.9. The average Bonchev–Trinajstić information content (AvgIpc) is 2.40. The van der Waals surface area contributed by atoms with Crippen molar-refractivity contribution in [3.05, 3.63) is 48.0 Å². The Morgan fingerprint density at radius 3 is 2.09 bits per heavy atom. The van der Waals surface area contributed by atoms with Crippen molar-refractivity contribution in [3.8, 4) is 5.75 Å². The number of sulfonamides is 1. The molecule has 0 saturated carbocycles. The molecule has 2 aromatic carbocycles. The molecule has 0 aliphatic rings. The van der Waals surface area contributed by atoms with Crippen LogP contribution in [0.5, 0.6) is 5.75 Å². The molecular weight excluding hydrogens is 326 g/mol. The van der Waals surface area contributed by atoms with Crippen LogP contribution in [-0.4, -0.2) is 28.2 Å². The van der Waals surface area contributed by atoms with E-state index in [1.165, 1.54) is 18.2 Å². The third kappa shape index (κ3) is 3.58. The number of rotatable bonds is 4. The van der Waals surface area contributed by atoms with Crippen molar-refractivity contribution >= 4 is 25.5 Å². The van der Waals surface area contributed by atoms with Crippen molar-refractivity contribution in [2.75, 3.05) is 11.0 Å². The molecule has 0 fully saturated rings. The Kier molecular flexibility index (Phi) is 4.17. The molecule has 0 aromatic heterocycles. The lowest BCUT2D eigenvalue weighted by Crippen LogP contribution is -2.10. The molecule has 0 aliphatic carbocycles. The topological polar surface area (TPSA) is 101 Å². The van der Waals surface area contributed by atoms with Crippen LogP contribution in [0.15, 0.2) is 52.3 Å².